The Kier molecular flexibility index (Phi) is 5.71. The van der Waals surface area contributed by atoms with E-state index in [2.05, 4.69) is 31.9 Å². The molecule has 1 unspecified atom stereocenters. The van der Waals surface area contributed by atoms with Gasteiger partial charge in [0.1, 0.15) is 0 Å². The molecule has 4 rings (SSSR count). The summed E-state index contributed by atoms with van der Waals surface area (Å²) in [5.41, 5.74) is 2.13. The van der Waals surface area contributed by atoms with Crippen LogP contribution in [0.25, 0.3) is 11.4 Å². The fraction of sp³-hybridized carbons (Fsp3) is 0.333. The van der Waals surface area contributed by atoms with Crippen molar-refractivity contribution in [3.05, 3.63) is 60.4 Å². The van der Waals surface area contributed by atoms with Crippen molar-refractivity contribution in [2.45, 2.75) is 36.7 Å². The Morgan fingerprint density at radius 3 is 2.50 bits per heavy atom. The average Bonchev–Trinajstić information content (AvgIpc) is 3.40. The lowest BCUT2D eigenvalue weighted by molar-refractivity contribution is -0.129. The minimum atomic E-state index is -0.192. The predicted octanol–water partition coefficient (Wildman–Crippen LogP) is 3.49. The van der Waals surface area contributed by atoms with Crippen LogP contribution >= 0.6 is 11.8 Å². The Labute approximate surface area is 169 Å². The van der Waals surface area contributed by atoms with Gasteiger partial charge in [-0.05, 0) is 37.5 Å². The zero-order valence-electron chi connectivity index (χ0n) is 15.9. The first-order chi connectivity index (χ1) is 13.7. The second-order valence-corrected chi connectivity index (χ2v) is 8.21. The van der Waals surface area contributed by atoms with Crippen LogP contribution in [0, 0.1) is 0 Å². The van der Waals surface area contributed by atoms with Crippen LogP contribution in [0.5, 0.6) is 0 Å². The number of thioether (sulfide) groups is 1. The van der Waals surface area contributed by atoms with Crippen molar-refractivity contribution >= 4 is 17.7 Å². The molecule has 2 aromatic heterocycles. The summed E-state index contributed by atoms with van der Waals surface area (Å²) in [4.78, 5) is 18.8. The normalized spacial score (nSPS) is 15.0. The number of carbonyl (C=O) groups is 1. The zero-order chi connectivity index (χ0) is 19.3. The summed E-state index contributed by atoms with van der Waals surface area (Å²) in [5.74, 6) is 0.969. The van der Waals surface area contributed by atoms with E-state index in [1.807, 2.05) is 42.2 Å². The molecule has 0 radical (unpaired) electrons. The number of pyridine rings is 1. The van der Waals surface area contributed by atoms with E-state index in [0.29, 0.717) is 6.54 Å². The SMILES string of the molecule is CC(Sc1nnc(-c2ccncc2)n1Cc1ccccc1)C(=O)N1CCCC1. The molecule has 1 aliphatic heterocycles. The largest absolute Gasteiger partial charge is 0.342 e. The van der Waals surface area contributed by atoms with E-state index < -0.39 is 0 Å². The van der Waals surface area contributed by atoms with Crippen LogP contribution in [-0.4, -0.2) is 48.9 Å². The smallest absolute Gasteiger partial charge is 0.235 e. The molecule has 1 aliphatic rings. The molecule has 0 spiro atoms. The van der Waals surface area contributed by atoms with Gasteiger partial charge in [0, 0.05) is 31.0 Å². The van der Waals surface area contributed by atoms with Crippen LogP contribution < -0.4 is 0 Å². The van der Waals surface area contributed by atoms with Crippen LogP contribution in [0.3, 0.4) is 0 Å². The van der Waals surface area contributed by atoms with Gasteiger partial charge in [-0.15, -0.1) is 10.2 Å². The van der Waals surface area contributed by atoms with Crippen molar-refractivity contribution in [1.82, 2.24) is 24.6 Å². The van der Waals surface area contributed by atoms with Crippen molar-refractivity contribution < 1.29 is 4.79 Å². The molecule has 144 valence electrons. The van der Waals surface area contributed by atoms with Gasteiger partial charge in [0.25, 0.3) is 0 Å². The highest BCUT2D eigenvalue weighted by Gasteiger charge is 2.26. The van der Waals surface area contributed by atoms with Gasteiger partial charge < -0.3 is 4.90 Å². The maximum atomic E-state index is 12.7. The van der Waals surface area contributed by atoms with Gasteiger partial charge in [-0.1, -0.05) is 42.1 Å². The van der Waals surface area contributed by atoms with Crippen LogP contribution in [0.1, 0.15) is 25.3 Å². The molecule has 1 fully saturated rings. The molecule has 0 bridgehead atoms. The number of hydrogen-bond donors (Lipinski definition) is 0. The van der Waals surface area contributed by atoms with Gasteiger partial charge in [-0.25, -0.2) is 0 Å². The van der Waals surface area contributed by atoms with Gasteiger partial charge >= 0.3 is 0 Å². The molecular formula is C21H23N5OS. The summed E-state index contributed by atoms with van der Waals surface area (Å²) in [6.45, 7) is 4.34. The second-order valence-electron chi connectivity index (χ2n) is 6.91. The Morgan fingerprint density at radius 2 is 1.79 bits per heavy atom. The summed E-state index contributed by atoms with van der Waals surface area (Å²) in [6.07, 6.45) is 5.70. The topological polar surface area (TPSA) is 63.9 Å². The highest BCUT2D eigenvalue weighted by Crippen LogP contribution is 2.29. The van der Waals surface area contributed by atoms with Gasteiger partial charge in [-0.3, -0.25) is 14.3 Å². The first kappa shape index (κ1) is 18.7. The number of nitrogens with zero attached hydrogens (tertiary/aromatic N) is 5. The maximum Gasteiger partial charge on any atom is 0.235 e. The van der Waals surface area contributed by atoms with E-state index in [0.717, 1.165) is 48.0 Å². The Bertz CT molecular complexity index is 922. The predicted molar refractivity (Wildman–Crippen MR) is 110 cm³/mol. The zero-order valence-corrected chi connectivity index (χ0v) is 16.7. The summed E-state index contributed by atoms with van der Waals surface area (Å²) < 4.78 is 2.09. The van der Waals surface area contributed by atoms with Crippen LogP contribution in [0.2, 0.25) is 0 Å². The van der Waals surface area contributed by atoms with E-state index in [1.54, 1.807) is 12.4 Å². The molecule has 0 N–H and O–H groups in total. The molecule has 1 aromatic carbocycles. The van der Waals surface area contributed by atoms with Gasteiger partial charge in [0.2, 0.25) is 5.91 Å². The molecule has 3 heterocycles. The first-order valence-corrected chi connectivity index (χ1v) is 10.4. The van der Waals surface area contributed by atoms with E-state index in [-0.39, 0.29) is 11.2 Å². The summed E-state index contributed by atoms with van der Waals surface area (Å²) >= 11 is 1.48. The minimum absolute atomic E-state index is 0.183. The van der Waals surface area contributed by atoms with Crippen molar-refractivity contribution in [3.63, 3.8) is 0 Å². The number of hydrogen-bond acceptors (Lipinski definition) is 5. The lowest BCUT2D eigenvalue weighted by Gasteiger charge is -2.20. The van der Waals surface area contributed by atoms with Crippen molar-refractivity contribution in [2.24, 2.45) is 0 Å². The van der Waals surface area contributed by atoms with Crippen LogP contribution in [0.15, 0.2) is 60.0 Å². The van der Waals surface area contributed by atoms with Gasteiger partial charge in [0.05, 0.1) is 11.8 Å². The van der Waals surface area contributed by atoms with Crippen LogP contribution in [0.4, 0.5) is 0 Å². The number of aromatic nitrogens is 4. The van der Waals surface area contributed by atoms with Crippen molar-refractivity contribution in [3.8, 4) is 11.4 Å². The molecule has 1 saturated heterocycles. The standard InChI is InChI=1S/C21H23N5OS/c1-16(20(27)25-13-5-6-14-25)28-21-24-23-19(18-9-11-22-12-10-18)26(21)15-17-7-3-2-4-8-17/h2-4,7-12,16H,5-6,13-15H2,1H3. The van der Waals surface area contributed by atoms with Crippen LogP contribution in [-0.2, 0) is 11.3 Å². The highest BCUT2D eigenvalue weighted by molar-refractivity contribution is 8.00. The third-order valence-corrected chi connectivity index (χ3v) is 5.95. The fourth-order valence-electron chi connectivity index (χ4n) is 3.40. The molecule has 0 aliphatic carbocycles. The second kappa shape index (κ2) is 8.56. The number of rotatable bonds is 6. The quantitative estimate of drug-likeness (QED) is 0.600. The minimum Gasteiger partial charge on any atom is -0.342 e. The lowest BCUT2D eigenvalue weighted by atomic mass is 10.2. The monoisotopic (exact) mass is 393 g/mol. The maximum absolute atomic E-state index is 12.7. The lowest BCUT2D eigenvalue weighted by Crippen LogP contribution is -2.34. The fourth-order valence-corrected chi connectivity index (χ4v) is 4.33. The van der Waals surface area contributed by atoms with E-state index in [1.165, 1.54) is 11.8 Å². The Morgan fingerprint density at radius 1 is 1.07 bits per heavy atom. The molecule has 1 amide bonds. The molecule has 3 aromatic rings. The Balaban J connectivity index is 1.62. The van der Waals surface area contributed by atoms with Gasteiger partial charge in [-0.2, -0.15) is 0 Å². The summed E-state index contributed by atoms with van der Waals surface area (Å²) in [5, 5.41) is 9.42. The van der Waals surface area contributed by atoms with E-state index >= 15 is 0 Å². The highest BCUT2D eigenvalue weighted by atomic mass is 32.2. The van der Waals surface area contributed by atoms with Crippen molar-refractivity contribution in [2.75, 3.05) is 13.1 Å². The molecule has 1 atom stereocenters. The molecule has 0 saturated carbocycles. The average molecular weight is 394 g/mol. The first-order valence-electron chi connectivity index (χ1n) is 9.55. The number of likely N-dealkylation sites (tertiary alicyclic amines) is 1. The van der Waals surface area contributed by atoms with E-state index in [9.17, 15) is 4.79 Å². The van der Waals surface area contributed by atoms with Gasteiger partial charge in [0.15, 0.2) is 11.0 Å². The molecule has 28 heavy (non-hydrogen) atoms. The van der Waals surface area contributed by atoms with Crippen molar-refractivity contribution in [1.29, 1.82) is 0 Å². The third kappa shape index (κ3) is 4.09. The number of carbonyl (C=O) groups excluding carboxylic acids is 1. The summed E-state index contributed by atoms with van der Waals surface area (Å²) in [6, 6.07) is 14.1. The number of amides is 1. The molecule has 7 heteroatoms. The molecular weight excluding hydrogens is 370 g/mol. The summed E-state index contributed by atoms with van der Waals surface area (Å²) in [7, 11) is 0. The molecule has 6 nitrogen and oxygen atoms in total. The Hall–Kier alpha value is -2.67. The van der Waals surface area contributed by atoms with E-state index in [4.69, 9.17) is 0 Å². The third-order valence-electron chi connectivity index (χ3n) is 4.89. The number of benzene rings is 1.